The molecule has 0 saturated carbocycles. The third kappa shape index (κ3) is 3.26. The number of amides is 1. The fourth-order valence-corrected chi connectivity index (χ4v) is 1.75. The molecule has 0 radical (unpaired) electrons. The number of halogens is 1. The first-order valence-electron chi connectivity index (χ1n) is 6.19. The molecular weight excluding hydrogens is 259 g/mol. The first-order chi connectivity index (χ1) is 9.60. The summed E-state index contributed by atoms with van der Waals surface area (Å²) in [5.41, 5.74) is 6.56. The van der Waals surface area contributed by atoms with Gasteiger partial charge in [0, 0.05) is 17.4 Å². The van der Waals surface area contributed by atoms with Gasteiger partial charge in [0.05, 0.1) is 12.2 Å². The minimum atomic E-state index is -0.507. The normalized spacial score (nSPS) is 10.1. The van der Waals surface area contributed by atoms with Crippen LogP contribution in [-0.4, -0.2) is 12.5 Å². The number of benzene rings is 2. The quantitative estimate of drug-likeness (QED) is 0.842. The van der Waals surface area contributed by atoms with Gasteiger partial charge in [-0.15, -0.1) is 0 Å². The first-order valence-corrected chi connectivity index (χ1v) is 6.19. The molecule has 5 heteroatoms. The Morgan fingerprint density at radius 2 is 2.10 bits per heavy atom. The van der Waals surface area contributed by atoms with Crippen LogP contribution in [0.1, 0.15) is 17.3 Å². The lowest BCUT2D eigenvalue weighted by Gasteiger charge is -2.09. The largest absolute Gasteiger partial charge is 0.494 e. The van der Waals surface area contributed by atoms with Crippen molar-refractivity contribution in [2.45, 2.75) is 6.92 Å². The van der Waals surface area contributed by atoms with Gasteiger partial charge in [-0.1, -0.05) is 6.07 Å². The summed E-state index contributed by atoms with van der Waals surface area (Å²) in [6, 6.07) is 10.6. The molecule has 0 heterocycles. The van der Waals surface area contributed by atoms with Crippen LogP contribution in [0.5, 0.6) is 5.75 Å². The molecule has 0 fully saturated rings. The third-order valence-corrected chi connectivity index (χ3v) is 2.66. The summed E-state index contributed by atoms with van der Waals surface area (Å²) in [5, 5.41) is 2.66. The molecule has 0 bridgehead atoms. The number of nitrogen functional groups attached to an aromatic ring is 1. The van der Waals surface area contributed by atoms with Crippen LogP contribution in [0.2, 0.25) is 0 Å². The summed E-state index contributed by atoms with van der Waals surface area (Å²) in [4.78, 5) is 12.1. The Kier molecular flexibility index (Phi) is 4.20. The van der Waals surface area contributed by atoms with Crippen LogP contribution in [0.15, 0.2) is 42.5 Å². The Morgan fingerprint density at radius 1 is 1.30 bits per heavy atom. The lowest BCUT2D eigenvalue weighted by atomic mass is 10.1. The number of carbonyl (C=O) groups is 1. The number of hydrogen-bond acceptors (Lipinski definition) is 3. The van der Waals surface area contributed by atoms with Crippen molar-refractivity contribution in [3.8, 4) is 5.75 Å². The fourth-order valence-electron chi connectivity index (χ4n) is 1.75. The molecule has 2 rings (SSSR count). The summed E-state index contributed by atoms with van der Waals surface area (Å²) < 4.78 is 18.5. The maximum atomic E-state index is 13.2. The van der Waals surface area contributed by atoms with Crippen molar-refractivity contribution in [3.63, 3.8) is 0 Å². The zero-order valence-electron chi connectivity index (χ0n) is 11.0. The number of carbonyl (C=O) groups excluding carboxylic acids is 1. The molecule has 2 aromatic rings. The number of anilines is 2. The Labute approximate surface area is 116 Å². The van der Waals surface area contributed by atoms with E-state index in [9.17, 15) is 9.18 Å². The molecule has 2 aromatic carbocycles. The Hall–Kier alpha value is -2.56. The predicted octanol–water partition coefficient (Wildman–Crippen LogP) is 3.06. The Bertz CT molecular complexity index is 629. The topological polar surface area (TPSA) is 64.3 Å². The number of nitrogens with one attached hydrogen (secondary N) is 1. The number of nitrogens with two attached hydrogens (primary N) is 1. The molecule has 3 N–H and O–H groups in total. The van der Waals surface area contributed by atoms with Crippen molar-refractivity contribution >= 4 is 17.3 Å². The molecule has 104 valence electrons. The van der Waals surface area contributed by atoms with E-state index in [2.05, 4.69) is 5.32 Å². The van der Waals surface area contributed by atoms with E-state index in [4.69, 9.17) is 10.5 Å². The van der Waals surface area contributed by atoms with Gasteiger partial charge in [-0.25, -0.2) is 4.39 Å². The van der Waals surface area contributed by atoms with E-state index in [-0.39, 0.29) is 11.3 Å². The maximum Gasteiger partial charge on any atom is 0.257 e. The smallest absolute Gasteiger partial charge is 0.257 e. The van der Waals surface area contributed by atoms with Crippen LogP contribution in [0.3, 0.4) is 0 Å². The van der Waals surface area contributed by atoms with Gasteiger partial charge in [-0.3, -0.25) is 4.79 Å². The molecule has 20 heavy (non-hydrogen) atoms. The van der Waals surface area contributed by atoms with Gasteiger partial charge in [0.15, 0.2) is 0 Å². The molecule has 0 atom stereocenters. The van der Waals surface area contributed by atoms with Crippen LogP contribution in [0.4, 0.5) is 15.8 Å². The van der Waals surface area contributed by atoms with Crippen molar-refractivity contribution in [1.82, 2.24) is 0 Å². The molecule has 0 aliphatic heterocycles. The van der Waals surface area contributed by atoms with Crippen LogP contribution < -0.4 is 15.8 Å². The van der Waals surface area contributed by atoms with Crippen molar-refractivity contribution in [2.24, 2.45) is 0 Å². The second-order valence-electron chi connectivity index (χ2n) is 4.15. The standard InChI is InChI=1S/C15H15FN2O2/c1-2-20-12-5-3-4-11(9-12)18-15(19)13-8-10(16)6-7-14(13)17/h3-9H,2,17H2,1H3,(H,18,19). The second kappa shape index (κ2) is 6.06. The number of ether oxygens (including phenoxy) is 1. The van der Waals surface area contributed by atoms with Gasteiger partial charge in [0.1, 0.15) is 11.6 Å². The lowest BCUT2D eigenvalue weighted by Crippen LogP contribution is -2.14. The average molecular weight is 274 g/mol. The summed E-state index contributed by atoms with van der Waals surface area (Å²) >= 11 is 0. The molecule has 0 unspecified atom stereocenters. The SMILES string of the molecule is CCOc1cccc(NC(=O)c2cc(F)ccc2N)c1. The molecule has 0 spiro atoms. The first kappa shape index (κ1) is 13.9. The summed E-state index contributed by atoms with van der Waals surface area (Å²) in [6.45, 7) is 2.41. The van der Waals surface area contributed by atoms with E-state index < -0.39 is 11.7 Å². The van der Waals surface area contributed by atoms with E-state index in [1.54, 1.807) is 24.3 Å². The van der Waals surface area contributed by atoms with Crippen LogP contribution in [0.25, 0.3) is 0 Å². The molecular formula is C15H15FN2O2. The van der Waals surface area contributed by atoms with Gasteiger partial charge in [0.2, 0.25) is 0 Å². The van der Waals surface area contributed by atoms with Gasteiger partial charge in [-0.2, -0.15) is 0 Å². The van der Waals surface area contributed by atoms with Gasteiger partial charge < -0.3 is 15.8 Å². The van der Waals surface area contributed by atoms with Crippen LogP contribution >= 0.6 is 0 Å². The van der Waals surface area contributed by atoms with Crippen LogP contribution in [-0.2, 0) is 0 Å². The number of hydrogen-bond donors (Lipinski definition) is 2. The molecule has 0 aromatic heterocycles. The summed E-state index contributed by atoms with van der Waals surface area (Å²) in [5.74, 6) is -0.319. The second-order valence-corrected chi connectivity index (χ2v) is 4.15. The van der Waals surface area contributed by atoms with E-state index in [0.29, 0.717) is 18.0 Å². The van der Waals surface area contributed by atoms with Gasteiger partial charge in [-0.05, 0) is 37.3 Å². The van der Waals surface area contributed by atoms with Crippen LogP contribution in [0, 0.1) is 5.82 Å². The van der Waals surface area contributed by atoms with Crippen molar-refractivity contribution in [2.75, 3.05) is 17.7 Å². The predicted molar refractivity (Wildman–Crippen MR) is 76.4 cm³/mol. The van der Waals surface area contributed by atoms with Gasteiger partial charge in [0.25, 0.3) is 5.91 Å². The highest BCUT2D eigenvalue weighted by atomic mass is 19.1. The zero-order chi connectivity index (χ0) is 14.5. The minimum absolute atomic E-state index is 0.104. The van der Waals surface area contributed by atoms with Gasteiger partial charge >= 0.3 is 0 Å². The molecule has 0 saturated heterocycles. The molecule has 0 aliphatic carbocycles. The monoisotopic (exact) mass is 274 g/mol. The fraction of sp³-hybridized carbons (Fsp3) is 0.133. The third-order valence-electron chi connectivity index (χ3n) is 2.66. The van der Waals surface area contributed by atoms with Crippen molar-refractivity contribution in [1.29, 1.82) is 0 Å². The van der Waals surface area contributed by atoms with E-state index in [1.165, 1.54) is 12.1 Å². The lowest BCUT2D eigenvalue weighted by molar-refractivity contribution is 0.102. The van der Waals surface area contributed by atoms with Crippen molar-refractivity contribution < 1.29 is 13.9 Å². The van der Waals surface area contributed by atoms with E-state index in [1.807, 2.05) is 6.92 Å². The van der Waals surface area contributed by atoms with E-state index in [0.717, 1.165) is 6.07 Å². The average Bonchev–Trinajstić information content (AvgIpc) is 2.42. The Morgan fingerprint density at radius 3 is 2.85 bits per heavy atom. The zero-order valence-corrected chi connectivity index (χ0v) is 11.0. The molecule has 0 aliphatic rings. The highest BCUT2D eigenvalue weighted by Gasteiger charge is 2.11. The highest BCUT2D eigenvalue weighted by molar-refractivity contribution is 6.07. The minimum Gasteiger partial charge on any atom is -0.494 e. The van der Waals surface area contributed by atoms with Crippen molar-refractivity contribution in [3.05, 3.63) is 53.8 Å². The Balaban J connectivity index is 2.19. The number of rotatable bonds is 4. The highest BCUT2D eigenvalue weighted by Crippen LogP contribution is 2.20. The van der Waals surface area contributed by atoms with E-state index >= 15 is 0 Å². The summed E-state index contributed by atoms with van der Waals surface area (Å²) in [6.07, 6.45) is 0. The molecule has 4 nitrogen and oxygen atoms in total. The summed E-state index contributed by atoms with van der Waals surface area (Å²) in [7, 11) is 0. The maximum absolute atomic E-state index is 13.2. The molecule has 1 amide bonds.